The number of morpholine rings is 1. The molecule has 0 aliphatic carbocycles. The SMILES string of the molecule is CN(C)CCn1ccnc1C1CCN(C(=O)[C@@H]2CNCCO2)CC1. The fourth-order valence-corrected chi connectivity index (χ4v) is 3.46. The molecule has 7 nitrogen and oxygen atoms in total. The van der Waals surface area contributed by atoms with Crippen molar-refractivity contribution >= 4 is 5.91 Å². The monoisotopic (exact) mass is 335 g/mol. The van der Waals surface area contributed by atoms with Crippen LogP contribution < -0.4 is 5.32 Å². The first-order chi connectivity index (χ1) is 11.6. The van der Waals surface area contributed by atoms with Crippen LogP contribution in [-0.2, 0) is 16.1 Å². The Morgan fingerprint density at radius 1 is 1.42 bits per heavy atom. The van der Waals surface area contributed by atoms with E-state index in [1.807, 2.05) is 11.1 Å². The molecule has 2 fully saturated rings. The zero-order chi connectivity index (χ0) is 16.9. The number of nitrogens with zero attached hydrogens (tertiary/aromatic N) is 4. The number of piperidine rings is 1. The smallest absolute Gasteiger partial charge is 0.253 e. The van der Waals surface area contributed by atoms with Gasteiger partial charge in [-0.2, -0.15) is 0 Å². The lowest BCUT2D eigenvalue weighted by molar-refractivity contribution is -0.146. The van der Waals surface area contributed by atoms with Crippen LogP contribution in [0.5, 0.6) is 0 Å². The molecule has 0 radical (unpaired) electrons. The number of nitrogens with one attached hydrogen (secondary N) is 1. The van der Waals surface area contributed by atoms with Gasteiger partial charge >= 0.3 is 0 Å². The molecule has 2 saturated heterocycles. The van der Waals surface area contributed by atoms with Crippen molar-refractivity contribution in [2.24, 2.45) is 0 Å². The Labute approximate surface area is 144 Å². The normalized spacial score (nSPS) is 23.0. The number of carbonyl (C=O) groups is 1. The average Bonchev–Trinajstić information content (AvgIpc) is 3.09. The number of amides is 1. The van der Waals surface area contributed by atoms with E-state index in [4.69, 9.17) is 4.74 Å². The van der Waals surface area contributed by atoms with E-state index in [0.29, 0.717) is 19.1 Å². The summed E-state index contributed by atoms with van der Waals surface area (Å²) in [6.07, 6.45) is 5.61. The molecule has 24 heavy (non-hydrogen) atoms. The van der Waals surface area contributed by atoms with Gasteiger partial charge in [-0.05, 0) is 26.9 Å². The van der Waals surface area contributed by atoms with Gasteiger partial charge in [0.25, 0.3) is 5.91 Å². The van der Waals surface area contributed by atoms with Crippen molar-refractivity contribution in [1.82, 2.24) is 24.7 Å². The highest BCUT2D eigenvalue weighted by Gasteiger charge is 2.31. The molecule has 0 bridgehead atoms. The van der Waals surface area contributed by atoms with Crippen LogP contribution in [0.3, 0.4) is 0 Å². The van der Waals surface area contributed by atoms with Crippen molar-refractivity contribution in [1.29, 1.82) is 0 Å². The van der Waals surface area contributed by atoms with Gasteiger partial charge in [0.15, 0.2) is 0 Å². The lowest BCUT2D eigenvalue weighted by Gasteiger charge is -2.35. The highest BCUT2D eigenvalue weighted by atomic mass is 16.5. The Balaban J connectivity index is 1.53. The molecule has 3 heterocycles. The van der Waals surface area contributed by atoms with Gasteiger partial charge in [-0.25, -0.2) is 4.98 Å². The second kappa shape index (κ2) is 8.09. The number of likely N-dealkylation sites (tertiary alicyclic amines) is 1. The molecule has 0 unspecified atom stereocenters. The zero-order valence-corrected chi connectivity index (χ0v) is 14.8. The molecule has 1 N–H and O–H groups in total. The molecule has 1 atom stereocenters. The molecule has 0 aromatic carbocycles. The number of hydrogen-bond donors (Lipinski definition) is 1. The quantitative estimate of drug-likeness (QED) is 0.829. The molecule has 1 amide bonds. The molecule has 2 aliphatic rings. The van der Waals surface area contributed by atoms with Gasteiger partial charge in [0.05, 0.1) is 6.61 Å². The van der Waals surface area contributed by atoms with Crippen LogP contribution in [0.2, 0.25) is 0 Å². The summed E-state index contributed by atoms with van der Waals surface area (Å²) in [4.78, 5) is 21.3. The summed E-state index contributed by atoms with van der Waals surface area (Å²) in [6.45, 7) is 5.65. The van der Waals surface area contributed by atoms with E-state index in [-0.39, 0.29) is 12.0 Å². The number of likely N-dealkylation sites (N-methyl/N-ethyl adjacent to an activating group) is 1. The molecule has 3 rings (SSSR count). The van der Waals surface area contributed by atoms with Crippen LogP contribution in [0.1, 0.15) is 24.6 Å². The van der Waals surface area contributed by atoms with Crippen molar-refractivity contribution in [3.63, 3.8) is 0 Å². The van der Waals surface area contributed by atoms with Crippen LogP contribution in [0.15, 0.2) is 12.4 Å². The Kier molecular flexibility index (Phi) is 5.86. The fourth-order valence-electron chi connectivity index (χ4n) is 3.46. The molecule has 7 heteroatoms. The largest absolute Gasteiger partial charge is 0.366 e. The minimum absolute atomic E-state index is 0.136. The Bertz CT molecular complexity index is 531. The van der Waals surface area contributed by atoms with E-state index in [1.54, 1.807) is 0 Å². The maximum Gasteiger partial charge on any atom is 0.253 e. The standard InChI is InChI=1S/C17H29N5O2/c1-20(2)10-11-21-9-5-19-16(21)14-3-7-22(8-4-14)17(23)15-13-18-6-12-24-15/h5,9,14-15,18H,3-4,6-8,10-13H2,1-2H3/t15-/m0/s1. The maximum absolute atomic E-state index is 12.5. The molecule has 1 aromatic rings. The Hall–Kier alpha value is -1.44. The second-order valence-corrected chi connectivity index (χ2v) is 6.95. The first-order valence-electron chi connectivity index (χ1n) is 8.92. The number of ether oxygens (including phenoxy) is 1. The summed E-state index contributed by atoms with van der Waals surface area (Å²) in [7, 11) is 4.17. The summed E-state index contributed by atoms with van der Waals surface area (Å²) in [5.74, 6) is 1.74. The van der Waals surface area contributed by atoms with E-state index in [9.17, 15) is 4.79 Å². The highest BCUT2D eigenvalue weighted by molar-refractivity contribution is 5.81. The van der Waals surface area contributed by atoms with Crippen molar-refractivity contribution in [3.8, 4) is 0 Å². The third-order valence-electron chi connectivity index (χ3n) is 4.91. The molecule has 1 aromatic heterocycles. The Morgan fingerprint density at radius 2 is 2.21 bits per heavy atom. The lowest BCUT2D eigenvalue weighted by atomic mass is 9.95. The zero-order valence-electron chi connectivity index (χ0n) is 14.8. The van der Waals surface area contributed by atoms with Gasteiger partial charge < -0.3 is 24.4 Å². The van der Waals surface area contributed by atoms with Crippen molar-refractivity contribution in [3.05, 3.63) is 18.2 Å². The van der Waals surface area contributed by atoms with E-state index < -0.39 is 0 Å². The summed E-state index contributed by atoms with van der Waals surface area (Å²) in [5, 5.41) is 3.23. The van der Waals surface area contributed by atoms with Crippen LogP contribution in [0, 0.1) is 0 Å². The van der Waals surface area contributed by atoms with Crippen LogP contribution >= 0.6 is 0 Å². The second-order valence-electron chi connectivity index (χ2n) is 6.95. The van der Waals surface area contributed by atoms with Crippen molar-refractivity contribution in [2.45, 2.75) is 31.4 Å². The van der Waals surface area contributed by atoms with Gasteiger partial charge in [0.1, 0.15) is 11.9 Å². The molecule has 134 valence electrons. The highest BCUT2D eigenvalue weighted by Crippen LogP contribution is 2.27. The van der Waals surface area contributed by atoms with Gasteiger partial charge in [-0.15, -0.1) is 0 Å². The predicted molar refractivity (Wildman–Crippen MR) is 91.9 cm³/mol. The van der Waals surface area contributed by atoms with Crippen molar-refractivity contribution in [2.75, 3.05) is 53.4 Å². The first kappa shape index (κ1) is 17.4. The fraction of sp³-hybridized carbons (Fsp3) is 0.765. The molecular weight excluding hydrogens is 306 g/mol. The van der Waals surface area contributed by atoms with E-state index in [2.05, 4.69) is 40.1 Å². The summed E-state index contributed by atoms with van der Waals surface area (Å²) in [5.41, 5.74) is 0. The summed E-state index contributed by atoms with van der Waals surface area (Å²) >= 11 is 0. The third-order valence-corrected chi connectivity index (χ3v) is 4.91. The predicted octanol–water partition coefficient (Wildman–Crippen LogP) is 0.139. The number of aromatic nitrogens is 2. The third kappa shape index (κ3) is 4.15. The summed E-state index contributed by atoms with van der Waals surface area (Å²) < 4.78 is 7.85. The maximum atomic E-state index is 12.5. The van der Waals surface area contributed by atoms with Crippen LogP contribution in [0.4, 0.5) is 0 Å². The minimum Gasteiger partial charge on any atom is -0.366 e. The van der Waals surface area contributed by atoms with E-state index in [0.717, 1.165) is 45.6 Å². The lowest BCUT2D eigenvalue weighted by Crippen LogP contribution is -2.51. The van der Waals surface area contributed by atoms with Crippen LogP contribution in [0.25, 0.3) is 0 Å². The Morgan fingerprint density at radius 3 is 2.88 bits per heavy atom. The molecule has 0 spiro atoms. The van der Waals surface area contributed by atoms with Crippen molar-refractivity contribution < 1.29 is 9.53 Å². The topological polar surface area (TPSA) is 62.6 Å². The number of imidazole rings is 1. The van der Waals surface area contributed by atoms with E-state index in [1.165, 1.54) is 5.82 Å². The van der Waals surface area contributed by atoms with Gasteiger partial charge in [-0.3, -0.25) is 4.79 Å². The number of carbonyl (C=O) groups excluding carboxylic acids is 1. The summed E-state index contributed by atoms with van der Waals surface area (Å²) in [6, 6.07) is 0. The van der Waals surface area contributed by atoms with E-state index >= 15 is 0 Å². The van der Waals surface area contributed by atoms with Gasteiger partial charge in [0, 0.05) is 57.6 Å². The molecular formula is C17H29N5O2. The number of hydrogen-bond acceptors (Lipinski definition) is 5. The average molecular weight is 335 g/mol. The van der Waals surface area contributed by atoms with Gasteiger partial charge in [-0.1, -0.05) is 0 Å². The van der Waals surface area contributed by atoms with Gasteiger partial charge in [0.2, 0.25) is 0 Å². The minimum atomic E-state index is -0.308. The van der Waals surface area contributed by atoms with Crippen LogP contribution in [-0.4, -0.2) is 84.8 Å². The first-order valence-corrected chi connectivity index (χ1v) is 8.92. The number of rotatable bonds is 5. The molecule has 0 saturated carbocycles. The molecule has 2 aliphatic heterocycles.